The molecular weight excluding hydrogens is 608 g/mol. The van der Waals surface area contributed by atoms with Crippen molar-refractivity contribution in [2.75, 3.05) is 0 Å². The third-order valence-electron chi connectivity index (χ3n) is 9.72. The molecule has 8 nitrogen and oxygen atoms in total. The van der Waals surface area contributed by atoms with Crippen molar-refractivity contribution in [1.82, 2.24) is 0 Å². The lowest BCUT2D eigenvalue weighted by Crippen LogP contribution is -2.76. The first-order valence-corrected chi connectivity index (χ1v) is 15.8. The number of benzene rings is 4. The molecule has 4 bridgehead atoms. The van der Waals surface area contributed by atoms with Crippen molar-refractivity contribution < 1.29 is 38.7 Å². The first-order chi connectivity index (χ1) is 23.2. The molecule has 0 amide bonds. The molecule has 4 aromatic carbocycles. The van der Waals surface area contributed by atoms with Gasteiger partial charge in [0.05, 0.1) is 16.7 Å². The number of ether oxygens (including phenoxy) is 4. The van der Waals surface area contributed by atoms with Gasteiger partial charge in [-0.15, -0.1) is 12.8 Å². The van der Waals surface area contributed by atoms with E-state index in [4.69, 9.17) is 31.8 Å². The van der Waals surface area contributed by atoms with Crippen molar-refractivity contribution in [3.63, 3.8) is 0 Å². The fourth-order valence-electron chi connectivity index (χ4n) is 7.83. The Labute approximate surface area is 278 Å². The quantitative estimate of drug-likeness (QED) is 0.134. The fourth-order valence-corrected chi connectivity index (χ4v) is 7.83. The van der Waals surface area contributed by atoms with E-state index in [1.165, 1.54) is 24.3 Å². The van der Waals surface area contributed by atoms with Gasteiger partial charge in [0.1, 0.15) is 28.7 Å². The van der Waals surface area contributed by atoms with Crippen LogP contribution in [0.25, 0.3) is 0 Å². The lowest BCUT2D eigenvalue weighted by Gasteiger charge is -2.64. The van der Waals surface area contributed by atoms with Crippen LogP contribution in [0.2, 0.25) is 0 Å². The standard InChI is InChI=1S/C40H32O8/c1-3-25-5-12-34(13-6-25)47-40(48-35-18-7-28(4-2)36(22-35)45-32-14-8-29(9-15-32)37(41)42)31-20-26-19-27(21-31)24-39(40,23-26)46-33-16-10-30(11-17-33)38(43)44/h1-2,5-18,22,26-27,31H,19-21,23-24H2,(H,41,42)(H,43,44). The second-order valence-corrected chi connectivity index (χ2v) is 12.7. The van der Waals surface area contributed by atoms with Crippen molar-refractivity contribution in [1.29, 1.82) is 0 Å². The SMILES string of the molecule is C#Cc1ccc(OC2(Oc3ccc(C#C)c(Oc4ccc(C(=O)O)cc4)c3)C3CC4CC(C3)CC2(Oc2ccc(C(=O)O)cc2)C4)cc1. The highest BCUT2D eigenvalue weighted by atomic mass is 16.7. The van der Waals surface area contributed by atoms with Crippen LogP contribution >= 0.6 is 0 Å². The summed E-state index contributed by atoms with van der Waals surface area (Å²) in [7, 11) is 0. The second kappa shape index (κ2) is 12.1. The van der Waals surface area contributed by atoms with E-state index >= 15 is 0 Å². The summed E-state index contributed by atoms with van der Waals surface area (Å²) >= 11 is 0. The predicted molar refractivity (Wildman–Crippen MR) is 177 cm³/mol. The number of rotatable bonds is 10. The Morgan fingerprint density at radius 2 is 1.17 bits per heavy atom. The molecule has 8 rings (SSSR count). The lowest BCUT2D eigenvalue weighted by atomic mass is 9.51. The van der Waals surface area contributed by atoms with Gasteiger partial charge in [0.2, 0.25) is 0 Å². The molecule has 48 heavy (non-hydrogen) atoms. The maximum atomic E-state index is 11.6. The van der Waals surface area contributed by atoms with Crippen LogP contribution in [-0.4, -0.2) is 33.5 Å². The molecule has 4 aliphatic rings. The van der Waals surface area contributed by atoms with Crippen LogP contribution < -0.4 is 18.9 Å². The fraction of sp³-hybridized carbons (Fsp3) is 0.250. The molecule has 0 saturated heterocycles. The van der Waals surface area contributed by atoms with Gasteiger partial charge in [-0.2, -0.15) is 0 Å². The van der Waals surface area contributed by atoms with Gasteiger partial charge < -0.3 is 29.2 Å². The van der Waals surface area contributed by atoms with Gasteiger partial charge in [0, 0.05) is 17.5 Å². The predicted octanol–water partition coefficient (Wildman–Crippen LogP) is 7.65. The molecule has 4 aromatic rings. The van der Waals surface area contributed by atoms with E-state index in [0.29, 0.717) is 59.0 Å². The number of hydrogen-bond donors (Lipinski definition) is 2. The first kappa shape index (κ1) is 30.8. The summed E-state index contributed by atoms with van der Waals surface area (Å²) in [5.41, 5.74) is 0.583. The van der Waals surface area contributed by atoms with Gasteiger partial charge in [-0.25, -0.2) is 9.59 Å². The third-order valence-corrected chi connectivity index (χ3v) is 9.72. The summed E-state index contributed by atoms with van der Waals surface area (Å²) in [5, 5.41) is 18.8. The minimum atomic E-state index is -1.29. The number of carbonyl (C=O) groups is 2. The molecule has 240 valence electrons. The molecule has 4 saturated carbocycles. The third kappa shape index (κ3) is 5.56. The Kier molecular flexibility index (Phi) is 7.73. The molecule has 0 aliphatic heterocycles. The number of hydrogen-bond acceptors (Lipinski definition) is 6. The zero-order chi connectivity index (χ0) is 33.5. The highest BCUT2D eigenvalue weighted by Gasteiger charge is 2.72. The maximum absolute atomic E-state index is 11.6. The minimum Gasteiger partial charge on any atom is -0.479 e. The summed E-state index contributed by atoms with van der Waals surface area (Å²) in [6, 6.07) is 25.0. The average molecular weight is 641 g/mol. The molecule has 0 heterocycles. The normalized spacial score (nSPS) is 24.9. The van der Waals surface area contributed by atoms with E-state index in [1.807, 2.05) is 24.3 Å². The van der Waals surface area contributed by atoms with Gasteiger partial charge in [-0.05, 0) is 129 Å². The van der Waals surface area contributed by atoms with E-state index in [2.05, 4.69) is 11.8 Å². The Bertz CT molecular complexity index is 1940. The maximum Gasteiger partial charge on any atom is 0.335 e. The summed E-state index contributed by atoms with van der Waals surface area (Å²) in [4.78, 5) is 22.9. The van der Waals surface area contributed by atoms with Crippen LogP contribution in [0.1, 0.15) is 63.9 Å². The first-order valence-electron chi connectivity index (χ1n) is 15.8. The van der Waals surface area contributed by atoms with Crippen molar-refractivity contribution in [2.45, 2.75) is 43.5 Å². The molecule has 0 spiro atoms. The van der Waals surface area contributed by atoms with Crippen molar-refractivity contribution in [3.05, 3.63) is 113 Å². The van der Waals surface area contributed by atoms with E-state index in [-0.39, 0.29) is 17.0 Å². The minimum absolute atomic E-state index is 0.0328. The highest BCUT2D eigenvalue weighted by Crippen LogP contribution is 2.63. The molecular formula is C40H32O8. The van der Waals surface area contributed by atoms with E-state index in [9.17, 15) is 19.8 Å². The summed E-state index contributed by atoms with van der Waals surface area (Å²) in [5.74, 6) is 5.07. The number of aromatic carboxylic acids is 2. The zero-order valence-corrected chi connectivity index (χ0v) is 25.9. The van der Waals surface area contributed by atoms with Crippen LogP contribution in [0.4, 0.5) is 0 Å². The Morgan fingerprint density at radius 3 is 1.73 bits per heavy atom. The van der Waals surface area contributed by atoms with E-state index in [0.717, 1.165) is 24.8 Å². The van der Waals surface area contributed by atoms with Gasteiger partial charge in [0.15, 0.2) is 5.60 Å². The topological polar surface area (TPSA) is 112 Å². The van der Waals surface area contributed by atoms with Crippen molar-refractivity contribution in [3.8, 4) is 53.4 Å². The van der Waals surface area contributed by atoms with Gasteiger partial charge >= 0.3 is 11.9 Å². The number of carboxylic acid groups (broad SMARTS) is 2. The van der Waals surface area contributed by atoms with E-state index in [1.54, 1.807) is 42.5 Å². The Morgan fingerprint density at radius 1 is 0.646 bits per heavy atom. The summed E-state index contributed by atoms with van der Waals surface area (Å²) < 4.78 is 27.2. The van der Waals surface area contributed by atoms with Gasteiger partial charge in [-0.1, -0.05) is 11.8 Å². The Hall–Kier alpha value is -5.86. The monoisotopic (exact) mass is 640 g/mol. The molecule has 3 atom stereocenters. The largest absolute Gasteiger partial charge is 0.479 e. The smallest absolute Gasteiger partial charge is 0.335 e. The van der Waals surface area contributed by atoms with Gasteiger partial charge in [-0.3, -0.25) is 0 Å². The zero-order valence-electron chi connectivity index (χ0n) is 25.9. The average Bonchev–Trinajstić information content (AvgIpc) is 3.08. The highest BCUT2D eigenvalue weighted by molar-refractivity contribution is 5.88. The molecule has 8 heteroatoms. The van der Waals surface area contributed by atoms with Crippen molar-refractivity contribution in [2.24, 2.45) is 17.8 Å². The molecule has 0 aromatic heterocycles. The molecule has 4 fully saturated rings. The van der Waals surface area contributed by atoms with E-state index < -0.39 is 23.3 Å². The van der Waals surface area contributed by atoms with Crippen LogP contribution in [-0.2, 0) is 0 Å². The molecule has 3 unspecified atom stereocenters. The second-order valence-electron chi connectivity index (χ2n) is 12.7. The van der Waals surface area contributed by atoms with Crippen molar-refractivity contribution >= 4 is 11.9 Å². The summed E-state index contributed by atoms with van der Waals surface area (Å²) in [6.07, 6.45) is 15.7. The lowest BCUT2D eigenvalue weighted by molar-refractivity contribution is -0.322. The molecule has 2 N–H and O–H groups in total. The van der Waals surface area contributed by atoms with Crippen LogP contribution in [0.3, 0.4) is 0 Å². The van der Waals surface area contributed by atoms with Crippen LogP contribution in [0.15, 0.2) is 91.0 Å². The molecule has 0 radical (unpaired) electrons. The summed E-state index contributed by atoms with van der Waals surface area (Å²) in [6.45, 7) is 0. The van der Waals surface area contributed by atoms with Crippen LogP contribution in [0, 0.1) is 42.4 Å². The number of terminal acetylenes is 2. The van der Waals surface area contributed by atoms with Crippen LogP contribution in [0.5, 0.6) is 28.7 Å². The number of carboxylic acids is 2. The molecule has 4 aliphatic carbocycles. The Balaban J connectivity index is 1.31. The van der Waals surface area contributed by atoms with Gasteiger partial charge in [0.25, 0.3) is 5.79 Å².